The molecular weight excluding hydrogens is 286 g/mol. The Balaban J connectivity index is 1.82. The van der Waals surface area contributed by atoms with Gasteiger partial charge in [-0.2, -0.15) is 0 Å². The second kappa shape index (κ2) is 6.52. The number of nitrogens with zero attached hydrogens (tertiary/aromatic N) is 3. The third-order valence-corrected chi connectivity index (χ3v) is 4.45. The van der Waals surface area contributed by atoms with Crippen molar-refractivity contribution in [1.29, 1.82) is 0 Å². The number of rotatable bonds is 5. The topological polar surface area (TPSA) is 42.7 Å². The average Bonchev–Trinajstić information content (AvgIpc) is 3.13. The van der Waals surface area contributed by atoms with Crippen LogP contribution in [0.4, 0.5) is 8.78 Å². The maximum atomic E-state index is 14.2. The van der Waals surface area contributed by atoms with E-state index in [1.165, 1.54) is 6.07 Å². The van der Waals surface area contributed by atoms with E-state index in [4.69, 9.17) is 0 Å². The second-order valence-corrected chi connectivity index (χ2v) is 5.93. The van der Waals surface area contributed by atoms with Crippen LogP contribution in [0, 0.1) is 17.6 Å². The number of hydrogen-bond donors (Lipinski definition) is 1. The van der Waals surface area contributed by atoms with Gasteiger partial charge in [0, 0.05) is 24.7 Å². The van der Waals surface area contributed by atoms with Gasteiger partial charge in [0.1, 0.15) is 23.8 Å². The predicted octanol–water partition coefficient (Wildman–Crippen LogP) is 3.11. The van der Waals surface area contributed by atoms with Crippen molar-refractivity contribution in [3.8, 4) is 0 Å². The number of aryl methyl sites for hydroxylation is 1. The summed E-state index contributed by atoms with van der Waals surface area (Å²) in [4.78, 5) is 0. The van der Waals surface area contributed by atoms with E-state index < -0.39 is 11.6 Å². The van der Waals surface area contributed by atoms with E-state index in [1.807, 2.05) is 11.6 Å². The highest BCUT2D eigenvalue weighted by atomic mass is 19.1. The molecule has 1 heterocycles. The Kier molecular flexibility index (Phi) is 4.47. The van der Waals surface area contributed by atoms with Crippen molar-refractivity contribution < 1.29 is 8.78 Å². The number of nitrogens with one attached hydrogen (secondary N) is 1. The van der Waals surface area contributed by atoms with Gasteiger partial charge in [-0.1, -0.05) is 18.9 Å². The van der Waals surface area contributed by atoms with E-state index in [9.17, 15) is 8.78 Å². The molecule has 6 heteroatoms. The van der Waals surface area contributed by atoms with Crippen molar-refractivity contribution in [2.45, 2.75) is 38.3 Å². The lowest BCUT2D eigenvalue weighted by atomic mass is 9.91. The van der Waals surface area contributed by atoms with E-state index in [2.05, 4.69) is 15.5 Å². The number of hydrogen-bond acceptors (Lipinski definition) is 3. The molecule has 1 N–H and O–H groups in total. The molecule has 1 atom stereocenters. The van der Waals surface area contributed by atoms with E-state index in [0.717, 1.165) is 37.6 Å². The van der Waals surface area contributed by atoms with Crippen LogP contribution in [-0.4, -0.2) is 14.8 Å². The van der Waals surface area contributed by atoms with Gasteiger partial charge in [-0.15, -0.1) is 10.2 Å². The Morgan fingerprint density at radius 1 is 1.32 bits per heavy atom. The van der Waals surface area contributed by atoms with Crippen LogP contribution in [0.5, 0.6) is 0 Å². The summed E-state index contributed by atoms with van der Waals surface area (Å²) < 4.78 is 29.2. The zero-order valence-corrected chi connectivity index (χ0v) is 12.6. The van der Waals surface area contributed by atoms with Crippen LogP contribution in [-0.2, 0) is 13.6 Å². The van der Waals surface area contributed by atoms with Gasteiger partial charge in [-0.3, -0.25) is 0 Å². The molecule has 1 aromatic carbocycles. The summed E-state index contributed by atoms with van der Waals surface area (Å²) in [6.45, 7) is 0.508. The van der Waals surface area contributed by atoms with Gasteiger partial charge in [0.15, 0.2) is 0 Å². The fourth-order valence-electron chi connectivity index (χ4n) is 3.24. The van der Waals surface area contributed by atoms with Crippen LogP contribution in [0.2, 0.25) is 0 Å². The normalized spacial score (nSPS) is 17.0. The third-order valence-electron chi connectivity index (χ3n) is 4.45. The molecule has 0 spiro atoms. The van der Waals surface area contributed by atoms with Gasteiger partial charge < -0.3 is 9.88 Å². The largest absolute Gasteiger partial charge is 0.320 e. The minimum atomic E-state index is -0.542. The molecule has 1 saturated carbocycles. The summed E-state index contributed by atoms with van der Waals surface area (Å²) in [5, 5.41) is 11.3. The molecule has 1 aliphatic carbocycles. The molecule has 2 aromatic rings. The molecule has 0 bridgehead atoms. The van der Waals surface area contributed by atoms with Gasteiger partial charge in [0.2, 0.25) is 0 Å². The molecule has 3 rings (SSSR count). The lowest BCUT2D eigenvalue weighted by Gasteiger charge is -2.25. The highest BCUT2D eigenvalue weighted by Gasteiger charge is 2.28. The smallest absolute Gasteiger partial charge is 0.146 e. The molecule has 22 heavy (non-hydrogen) atoms. The maximum absolute atomic E-state index is 14.2. The van der Waals surface area contributed by atoms with E-state index >= 15 is 0 Å². The molecule has 0 amide bonds. The fourth-order valence-corrected chi connectivity index (χ4v) is 3.24. The van der Waals surface area contributed by atoms with Gasteiger partial charge in [-0.05, 0) is 24.8 Å². The monoisotopic (exact) mass is 306 g/mol. The Morgan fingerprint density at radius 2 is 2.09 bits per heavy atom. The van der Waals surface area contributed by atoms with Gasteiger partial charge in [-0.25, -0.2) is 8.78 Å². The van der Waals surface area contributed by atoms with E-state index in [0.29, 0.717) is 18.0 Å². The second-order valence-electron chi connectivity index (χ2n) is 5.93. The summed E-state index contributed by atoms with van der Waals surface area (Å²) in [5.74, 6) is 0.140. The SMILES string of the molecule is Cn1cnnc1CN[C@@H](c1ccc(F)cc1F)C1CCCC1. The first-order chi connectivity index (χ1) is 10.6. The molecule has 0 unspecified atom stereocenters. The standard InChI is InChI=1S/C16H20F2N4/c1-22-10-20-21-15(22)9-19-16(11-4-2-3-5-11)13-7-6-12(17)8-14(13)18/h6-8,10-11,16,19H,2-5,9H2,1H3/t16-/m1/s1. The Labute approximate surface area is 128 Å². The molecule has 0 radical (unpaired) electrons. The van der Waals surface area contributed by atoms with Gasteiger partial charge in [0.05, 0.1) is 6.54 Å². The first-order valence-electron chi connectivity index (χ1n) is 7.66. The Bertz CT molecular complexity index is 635. The summed E-state index contributed by atoms with van der Waals surface area (Å²) in [7, 11) is 1.88. The lowest BCUT2D eigenvalue weighted by molar-refractivity contribution is 0.350. The molecular formula is C16H20F2N4. The zero-order valence-electron chi connectivity index (χ0n) is 12.6. The Morgan fingerprint density at radius 3 is 2.73 bits per heavy atom. The van der Waals surface area contributed by atoms with Crippen molar-refractivity contribution >= 4 is 0 Å². The maximum Gasteiger partial charge on any atom is 0.146 e. The summed E-state index contributed by atoms with van der Waals surface area (Å²) in [6.07, 6.45) is 6.09. The minimum Gasteiger partial charge on any atom is -0.320 e. The summed E-state index contributed by atoms with van der Waals surface area (Å²) >= 11 is 0. The quantitative estimate of drug-likeness (QED) is 0.923. The molecule has 1 fully saturated rings. The van der Waals surface area contributed by atoms with Crippen molar-refractivity contribution in [3.63, 3.8) is 0 Å². The lowest BCUT2D eigenvalue weighted by Crippen LogP contribution is -2.28. The van der Waals surface area contributed by atoms with E-state index in [-0.39, 0.29) is 6.04 Å². The first kappa shape index (κ1) is 15.1. The highest BCUT2D eigenvalue weighted by Crippen LogP contribution is 2.36. The molecule has 1 aliphatic rings. The first-order valence-corrected chi connectivity index (χ1v) is 7.66. The molecule has 1 aromatic heterocycles. The van der Waals surface area contributed by atoms with Gasteiger partial charge in [0.25, 0.3) is 0 Å². The van der Waals surface area contributed by atoms with E-state index in [1.54, 1.807) is 12.4 Å². The molecule has 118 valence electrons. The number of benzene rings is 1. The van der Waals surface area contributed by atoms with Crippen LogP contribution in [0.25, 0.3) is 0 Å². The highest BCUT2D eigenvalue weighted by molar-refractivity contribution is 5.23. The molecule has 0 aliphatic heterocycles. The van der Waals surface area contributed by atoms with Crippen LogP contribution in [0.15, 0.2) is 24.5 Å². The van der Waals surface area contributed by atoms with Crippen molar-refractivity contribution in [2.24, 2.45) is 13.0 Å². The summed E-state index contributed by atoms with van der Waals surface area (Å²) in [6, 6.07) is 3.71. The Hall–Kier alpha value is -1.82. The van der Waals surface area contributed by atoms with Crippen molar-refractivity contribution in [2.75, 3.05) is 0 Å². The predicted molar refractivity (Wildman–Crippen MR) is 78.9 cm³/mol. The van der Waals surface area contributed by atoms with Crippen LogP contribution in [0.1, 0.15) is 43.1 Å². The fraction of sp³-hybridized carbons (Fsp3) is 0.500. The molecule has 0 saturated heterocycles. The van der Waals surface area contributed by atoms with Crippen molar-refractivity contribution in [3.05, 3.63) is 47.5 Å². The van der Waals surface area contributed by atoms with Crippen LogP contribution in [0.3, 0.4) is 0 Å². The number of halogens is 2. The minimum absolute atomic E-state index is 0.125. The number of aromatic nitrogens is 3. The average molecular weight is 306 g/mol. The molecule has 4 nitrogen and oxygen atoms in total. The van der Waals surface area contributed by atoms with Crippen LogP contribution >= 0.6 is 0 Å². The third kappa shape index (κ3) is 3.16. The van der Waals surface area contributed by atoms with Crippen LogP contribution < -0.4 is 5.32 Å². The summed E-state index contributed by atoms with van der Waals surface area (Å²) in [5.41, 5.74) is 0.537. The van der Waals surface area contributed by atoms with Crippen molar-refractivity contribution in [1.82, 2.24) is 20.1 Å². The zero-order chi connectivity index (χ0) is 15.5. The van der Waals surface area contributed by atoms with Gasteiger partial charge >= 0.3 is 0 Å².